The molecule has 2 aliphatic rings. The number of thiocarbonyl (C=S) groups is 1. The first-order chi connectivity index (χ1) is 12.9. The lowest BCUT2D eigenvalue weighted by Gasteiger charge is -2.33. The summed E-state index contributed by atoms with van der Waals surface area (Å²) in [6.45, 7) is 2.80. The lowest BCUT2D eigenvalue weighted by Crippen LogP contribution is -2.49. The largest absolute Gasteiger partial charge is 0.364 e. The fraction of sp³-hybridized carbons (Fsp3) is 0.824. The molecule has 1 heterocycles. The van der Waals surface area contributed by atoms with E-state index >= 15 is 0 Å². The van der Waals surface area contributed by atoms with Crippen molar-refractivity contribution in [2.75, 3.05) is 26.5 Å². The quantitative estimate of drug-likeness (QED) is 0.351. The fourth-order valence-electron chi connectivity index (χ4n) is 3.48. The second-order valence-electron chi connectivity index (χ2n) is 7.22. The molecule has 0 unspecified atom stereocenters. The van der Waals surface area contributed by atoms with Crippen LogP contribution in [0.3, 0.4) is 0 Å². The number of ketones is 1. The molecular formula is C17H27N3O6S. The molecule has 152 valence electrons. The molecular weight excluding hydrogens is 374 g/mol. The van der Waals surface area contributed by atoms with Gasteiger partial charge in [0.1, 0.15) is 11.8 Å². The summed E-state index contributed by atoms with van der Waals surface area (Å²) in [5, 5.41) is 12.6. The van der Waals surface area contributed by atoms with Crippen LogP contribution in [-0.2, 0) is 19.2 Å². The lowest BCUT2D eigenvalue weighted by molar-refractivity contribution is -0.759. The third kappa shape index (κ3) is 7.11. The van der Waals surface area contributed by atoms with Gasteiger partial charge in [0, 0.05) is 19.4 Å². The Morgan fingerprint density at radius 1 is 1.26 bits per heavy atom. The molecule has 2 rings (SSSR count). The van der Waals surface area contributed by atoms with E-state index in [0.29, 0.717) is 37.7 Å². The van der Waals surface area contributed by atoms with Crippen LogP contribution in [0.2, 0.25) is 0 Å². The van der Waals surface area contributed by atoms with Crippen molar-refractivity contribution < 1.29 is 24.3 Å². The van der Waals surface area contributed by atoms with Crippen LogP contribution in [-0.4, -0.2) is 59.2 Å². The number of ether oxygens (including phenoxy) is 1. The Balaban J connectivity index is 1.91. The van der Waals surface area contributed by atoms with Gasteiger partial charge in [0.15, 0.2) is 0 Å². The van der Waals surface area contributed by atoms with E-state index in [1.54, 1.807) is 4.90 Å². The molecule has 0 spiro atoms. The number of nitrogens with one attached hydrogen (secondary N) is 1. The first kappa shape index (κ1) is 21.6. The van der Waals surface area contributed by atoms with Gasteiger partial charge in [-0.15, -0.1) is 10.1 Å². The fourth-order valence-corrected chi connectivity index (χ4v) is 3.75. The van der Waals surface area contributed by atoms with E-state index in [-0.39, 0.29) is 30.1 Å². The van der Waals surface area contributed by atoms with Crippen molar-refractivity contribution in [3.63, 3.8) is 0 Å². The van der Waals surface area contributed by atoms with E-state index in [2.05, 4.69) is 10.2 Å². The molecule has 1 saturated heterocycles. The van der Waals surface area contributed by atoms with E-state index in [1.807, 2.05) is 0 Å². The smallest absolute Gasteiger partial charge is 0.294 e. The Morgan fingerprint density at radius 3 is 2.48 bits per heavy atom. The molecule has 0 radical (unpaired) electrons. The molecule has 1 N–H and O–H groups in total. The minimum absolute atomic E-state index is 0.0402. The minimum atomic E-state index is -0.753. The number of nitrogens with zero attached hydrogens (tertiary/aromatic N) is 2. The third-order valence-corrected chi connectivity index (χ3v) is 5.52. The van der Waals surface area contributed by atoms with E-state index in [0.717, 1.165) is 25.7 Å². The summed E-state index contributed by atoms with van der Waals surface area (Å²) < 4.78 is 5.23. The van der Waals surface area contributed by atoms with Gasteiger partial charge >= 0.3 is 0 Å². The van der Waals surface area contributed by atoms with Crippen molar-refractivity contribution in [1.29, 1.82) is 0 Å². The number of carbonyl (C=O) groups is 2. The summed E-state index contributed by atoms with van der Waals surface area (Å²) in [4.78, 5) is 41.1. The minimum Gasteiger partial charge on any atom is -0.364 e. The highest BCUT2D eigenvalue weighted by molar-refractivity contribution is 7.80. The van der Waals surface area contributed by atoms with Crippen molar-refractivity contribution in [2.24, 2.45) is 11.8 Å². The van der Waals surface area contributed by atoms with Crippen molar-refractivity contribution in [3.8, 4) is 0 Å². The highest BCUT2D eigenvalue weighted by atomic mass is 32.1. The molecule has 9 nitrogen and oxygen atoms in total. The molecule has 0 aromatic rings. The molecule has 27 heavy (non-hydrogen) atoms. The molecule has 1 saturated carbocycles. The highest BCUT2D eigenvalue weighted by Gasteiger charge is 2.32. The first-order valence-electron chi connectivity index (χ1n) is 9.29. The van der Waals surface area contributed by atoms with Gasteiger partial charge < -0.3 is 19.3 Å². The maximum absolute atomic E-state index is 12.9. The zero-order valence-electron chi connectivity index (χ0n) is 15.6. The van der Waals surface area contributed by atoms with Crippen molar-refractivity contribution in [1.82, 2.24) is 10.2 Å². The topological polar surface area (TPSA) is 111 Å². The van der Waals surface area contributed by atoms with E-state index in [4.69, 9.17) is 17.0 Å². The van der Waals surface area contributed by atoms with Crippen LogP contribution in [0, 0.1) is 22.0 Å². The highest BCUT2D eigenvalue weighted by Crippen LogP contribution is 2.30. The van der Waals surface area contributed by atoms with Crippen LogP contribution in [0.1, 0.15) is 45.4 Å². The predicted octanol–water partition coefficient (Wildman–Crippen LogP) is 1.47. The molecule has 0 bridgehead atoms. The Labute approximate surface area is 163 Å². The van der Waals surface area contributed by atoms with Crippen LogP contribution < -0.4 is 5.32 Å². The summed E-state index contributed by atoms with van der Waals surface area (Å²) >= 11 is 5.46. The number of Topliss-reactive ketones (excluding diaryl/α,β-unsaturated/α-hetero) is 1. The Bertz CT molecular complexity index is 559. The van der Waals surface area contributed by atoms with Crippen LogP contribution in [0.15, 0.2) is 0 Å². The Kier molecular flexibility index (Phi) is 8.52. The summed E-state index contributed by atoms with van der Waals surface area (Å²) in [5.41, 5.74) is 0. The molecule has 1 atom stereocenters. The first-order valence-corrected chi connectivity index (χ1v) is 9.69. The van der Waals surface area contributed by atoms with Crippen LogP contribution in [0.25, 0.3) is 0 Å². The number of hydrogen-bond donors (Lipinski definition) is 1. The zero-order chi connectivity index (χ0) is 19.8. The van der Waals surface area contributed by atoms with Gasteiger partial charge in [-0.2, -0.15) is 0 Å². The normalized spacial score (nSPS) is 25.0. The average Bonchev–Trinajstić information content (AvgIpc) is 3.17. The molecule has 2 fully saturated rings. The number of amides is 1. The number of carbonyl (C=O) groups excluding carboxylic acids is 2. The van der Waals surface area contributed by atoms with Gasteiger partial charge in [-0.05, 0) is 44.4 Å². The van der Waals surface area contributed by atoms with Crippen molar-refractivity contribution >= 4 is 28.9 Å². The molecule has 1 aliphatic heterocycles. The second-order valence-corrected chi connectivity index (χ2v) is 7.69. The van der Waals surface area contributed by atoms with Gasteiger partial charge in [0.2, 0.25) is 5.91 Å². The van der Waals surface area contributed by atoms with Gasteiger partial charge in [0.05, 0.1) is 24.9 Å². The van der Waals surface area contributed by atoms with Crippen molar-refractivity contribution in [2.45, 2.75) is 51.5 Å². The van der Waals surface area contributed by atoms with Crippen LogP contribution in [0.4, 0.5) is 0 Å². The number of hydrogen-bond acceptors (Lipinski definition) is 8. The molecule has 1 amide bonds. The van der Waals surface area contributed by atoms with E-state index in [1.165, 1.54) is 6.92 Å². The molecule has 0 aromatic carbocycles. The SMILES string of the molecule is CC(=O)CCC(=S)N(CC1CCC(CO[N+](=O)[O-])CC1)C(=O)[C@@H]1COCN1. The van der Waals surface area contributed by atoms with Gasteiger partial charge in [0.25, 0.3) is 5.09 Å². The Morgan fingerprint density at radius 2 is 1.93 bits per heavy atom. The maximum Gasteiger partial charge on any atom is 0.294 e. The summed E-state index contributed by atoms with van der Waals surface area (Å²) in [7, 11) is 0. The molecule has 10 heteroatoms. The maximum atomic E-state index is 12.9. The monoisotopic (exact) mass is 401 g/mol. The standard InChI is InChI=1S/C17H27N3O6S/c1-12(21)2-7-16(27)19(17(22)15-10-25-11-18-15)8-13-3-5-14(6-4-13)9-26-20(23)24/h13-15,18H,2-11H2,1H3/t13?,14?,15-/m0/s1. The second kappa shape index (κ2) is 10.6. The molecule has 0 aromatic heterocycles. The average molecular weight is 401 g/mol. The van der Waals surface area contributed by atoms with Crippen LogP contribution in [0.5, 0.6) is 0 Å². The van der Waals surface area contributed by atoms with Crippen molar-refractivity contribution in [3.05, 3.63) is 10.1 Å². The Hall–Kier alpha value is -1.65. The van der Waals surface area contributed by atoms with Gasteiger partial charge in [-0.1, -0.05) is 12.2 Å². The van der Waals surface area contributed by atoms with E-state index < -0.39 is 11.1 Å². The third-order valence-electron chi connectivity index (χ3n) is 5.10. The van der Waals surface area contributed by atoms with Crippen LogP contribution >= 0.6 is 12.2 Å². The van der Waals surface area contributed by atoms with E-state index in [9.17, 15) is 19.7 Å². The summed E-state index contributed by atoms with van der Waals surface area (Å²) in [6.07, 6.45) is 4.08. The molecule has 1 aliphatic carbocycles. The lowest BCUT2D eigenvalue weighted by atomic mass is 9.82. The van der Waals surface area contributed by atoms with Gasteiger partial charge in [-0.25, -0.2) is 0 Å². The summed E-state index contributed by atoms with van der Waals surface area (Å²) in [5.74, 6) is 0.377. The zero-order valence-corrected chi connectivity index (χ0v) is 16.4. The van der Waals surface area contributed by atoms with Gasteiger partial charge in [-0.3, -0.25) is 10.1 Å². The number of rotatable bonds is 9. The summed E-state index contributed by atoms with van der Waals surface area (Å²) in [6, 6.07) is -0.412. The predicted molar refractivity (Wildman–Crippen MR) is 100 cm³/mol.